The zero-order chi connectivity index (χ0) is 19.3. The maximum absolute atomic E-state index is 12.1. The number of allylic oxidation sites excluding steroid dienone is 1. The first kappa shape index (κ1) is 19.4. The summed E-state index contributed by atoms with van der Waals surface area (Å²) in [7, 11) is 0. The molecule has 0 aliphatic carbocycles. The number of nitro groups is 1. The molecular weight excluding hydrogens is 346 g/mol. The van der Waals surface area contributed by atoms with Crippen molar-refractivity contribution in [1.29, 1.82) is 0 Å². The number of hydrogen-bond acceptors (Lipinski definition) is 8. The molecule has 0 spiro atoms. The second-order valence-electron chi connectivity index (χ2n) is 5.52. The molecule has 0 unspecified atom stereocenters. The molecular formula is C17H19NO8. The number of nitro benzene ring substituents is 1. The number of rotatable bonds is 6. The molecule has 0 saturated heterocycles. The molecule has 0 saturated carbocycles. The molecule has 2 rings (SSSR count). The van der Waals surface area contributed by atoms with Crippen LogP contribution in [-0.2, 0) is 23.8 Å². The van der Waals surface area contributed by atoms with Gasteiger partial charge in [0.25, 0.3) is 5.69 Å². The number of nitrogens with zero attached hydrogens (tertiary/aromatic N) is 1. The van der Waals surface area contributed by atoms with Crippen LogP contribution in [0.4, 0.5) is 5.69 Å². The van der Waals surface area contributed by atoms with Gasteiger partial charge >= 0.3 is 17.7 Å². The summed E-state index contributed by atoms with van der Waals surface area (Å²) in [6, 6.07) is 5.57. The van der Waals surface area contributed by atoms with E-state index in [2.05, 4.69) is 0 Å². The minimum absolute atomic E-state index is 0.0190. The summed E-state index contributed by atoms with van der Waals surface area (Å²) in [5.74, 6) is -5.15. The van der Waals surface area contributed by atoms with Crippen molar-refractivity contribution in [3.8, 4) is 0 Å². The van der Waals surface area contributed by atoms with Crippen LogP contribution in [0.5, 0.6) is 0 Å². The fraction of sp³-hybridized carbons (Fsp3) is 0.412. The molecule has 26 heavy (non-hydrogen) atoms. The Morgan fingerprint density at radius 1 is 1.27 bits per heavy atom. The minimum atomic E-state index is -2.36. The molecule has 0 radical (unpaired) electrons. The highest BCUT2D eigenvalue weighted by molar-refractivity contribution is 5.88. The first-order valence-corrected chi connectivity index (χ1v) is 8.02. The van der Waals surface area contributed by atoms with E-state index in [1.165, 1.54) is 30.3 Å². The van der Waals surface area contributed by atoms with E-state index < -0.39 is 28.6 Å². The summed E-state index contributed by atoms with van der Waals surface area (Å²) >= 11 is 0. The highest BCUT2D eigenvalue weighted by atomic mass is 16.7. The average Bonchev–Trinajstić information content (AvgIpc) is 2.61. The van der Waals surface area contributed by atoms with Gasteiger partial charge in [-0.3, -0.25) is 10.1 Å². The van der Waals surface area contributed by atoms with Gasteiger partial charge in [-0.25, -0.2) is 9.59 Å². The molecule has 140 valence electrons. The predicted octanol–water partition coefficient (Wildman–Crippen LogP) is 1.80. The standard InChI is InChI=1S/C17H19NO8/c1-3-24-15(19)14-9-12(10-17(21,26-14)16(20)25-4-2)11-5-7-13(8-6-11)18(22)23/h5-9,12,21H,3-4,10H2,1-2H3/t12-,17+/m1/s1. The Morgan fingerprint density at radius 2 is 1.88 bits per heavy atom. The van der Waals surface area contributed by atoms with Gasteiger partial charge in [0.1, 0.15) is 0 Å². The summed E-state index contributed by atoms with van der Waals surface area (Å²) < 4.78 is 14.9. The van der Waals surface area contributed by atoms with Gasteiger partial charge in [0.05, 0.1) is 18.1 Å². The summed E-state index contributed by atoms with van der Waals surface area (Å²) in [5.41, 5.74) is 0.458. The van der Waals surface area contributed by atoms with Crippen LogP contribution < -0.4 is 0 Å². The maximum Gasteiger partial charge on any atom is 0.379 e. The topological polar surface area (TPSA) is 125 Å². The Balaban J connectivity index is 2.38. The van der Waals surface area contributed by atoms with Gasteiger partial charge in [-0.1, -0.05) is 12.1 Å². The van der Waals surface area contributed by atoms with Crippen molar-refractivity contribution in [3.63, 3.8) is 0 Å². The Kier molecular flexibility index (Phi) is 5.93. The van der Waals surface area contributed by atoms with Crippen LogP contribution in [0.15, 0.2) is 36.1 Å². The molecule has 1 aliphatic rings. The second-order valence-corrected chi connectivity index (χ2v) is 5.52. The molecule has 0 bridgehead atoms. The smallest absolute Gasteiger partial charge is 0.379 e. The zero-order valence-electron chi connectivity index (χ0n) is 14.3. The average molecular weight is 365 g/mol. The van der Waals surface area contributed by atoms with Gasteiger partial charge in [-0.05, 0) is 25.5 Å². The summed E-state index contributed by atoms with van der Waals surface area (Å²) in [6.45, 7) is 3.28. The number of carbonyl (C=O) groups is 2. The van der Waals surface area contributed by atoms with Gasteiger partial charge in [-0.2, -0.15) is 0 Å². The SMILES string of the molecule is CCOC(=O)C1=C[C@@H](c2ccc([N+](=O)[O-])cc2)C[C@@](O)(C(=O)OCC)O1. The van der Waals surface area contributed by atoms with Gasteiger partial charge in [0.2, 0.25) is 5.76 Å². The third-order valence-electron chi connectivity index (χ3n) is 3.73. The van der Waals surface area contributed by atoms with E-state index in [1.54, 1.807) is 13.8 Å². The van der Waals surface area contributed by atoms with Crippen molar-refractivity contribution in [2.24, 2.45) is 0 Å². The first-order valence-electron chi connectivity index (χ1n) is 8.02. The van der Waals surface area contributed by atoms with Crippen LogP contribution in [0.2, 0.25) is 0 Å². The van der Waals surface area contributed by atoms with Crippen molar-refractivity contribution in [2.45, 2.75) is 32.0 Å². The molecule has 0 amide bonds. The monoisotopic (exact) mass is 365 g/mol. The molecule has 9 heteroatoms. The quantitative estimate of drug-likeness (QED) is 0.459. The van der Waals surface area contributed by atoms with Crippen molar-refractivity contribution >= 4 is 17.6 Å². The molecule has 1 aromatic carbocycles. The first-order chi connectivity index (χ1) is 12.3. The molecule has 0 fully saturated rings. The van der Waals surface area contributed by atoms with Crippen LogP contribution >= 0.6 is 0 Å². The van der Waals surface area contributed by atoms with Gasteiger partial charge < -0.3 is 19.3 Å². The lowest BCUT2D eigenvalue weighted by Gasteiger charge is -2.33. The number of non-ortho nitro benzene ring substituents is 1. The largest absolute Gasteiger partial charge is 0.461 e. The third kappa shape index (κ3) is 4.17. The Morgan fingerprint density at radius 3 is 2.42 bits per heavy atom. The number of carbonyl (C=O) groups excluding carboxylic acids is 2. The number of esters is 2. The summed E-state index contributed by atoms with van der Waals surface area (Å²) in [5, 5.41) is 21.4. The predicted molar refractivity (Wildman–Crippen MR) is 87.8 cm³/mol. The fourth-order valence-corrected chi connectivity index (χ4v) is 2.54. The van der Waals surface area contributed by atoms with Crippen molar-refractivity contribution in [3.05, 3.63) is 51.8 Å². The fourth-order valence-electron chi connectivity index (χ4n) is 2.54. The maximum atomic E-state index is 12.1. The Labute approximate surface area is 149 Å². The Bertz CT molecular complexity index is 727. The summed E-state index contributed by atoms with van der Waals surface area (Å²) in [6.07, 6.45) is 1.19. The van der Waals surface area contributed by atoms with E-state index in [-0.39, 0.29) is 31.1 Å². The van der Waals surface area contributed by atoms with Crippen molar-refractivity contribution in [1.82, 2.24) is 0 Å². The van der Waals surface area contributed by atoms with Gasteiger partial charge in [0, 0.05) is 24.5 Å². The van der Waals surface area contributed by atoms with Crippen LogP contribution in [0, 0.1) is 10.1 Å². The number of hydrogen-bond donors (Lipinski definition) is 1. The second kappa shape index (κ2) is 7.96. The molecule has 2 atom stereocenters. The number of benzene rings is 1. The van der Waals surface area contributed by atoms with Crippen molar-refractivity contribution < 1.29 is 33.8 Å². The minimum Gasteiger partial charge on any atom is -0.461 e. The van der Waals surface area contributed by atoms with E-state index in [4.69, 9.17) is 14.2 Å². The van der Waals surface area contributed by atoms with E-state index >= 15 is 0 Å². The summed E-state index contributed by atoms with van der Waals surface area (Å²) in [4.78, 5) is 34.4. The van der Waals surface area contributed by atoms with E-state index in [0.717, 1.165) is 0 Å². The highest BCUT2D eigenvalue weighted by Gasteiger charge is 2.47. The van der Waals surface area contributed by atoms with Gasteiger partial charge in [0.15, 0.2) is 0 Å². The van der Waals surface area contributed by atoms with E-state index in [0.29, 0.717) is 5.56 Å². The lowest BCUT2D eigenvalue weighted by atomic mass is 9.88. The molecule has 0 aromatic heterocycles. The highest BCUT2D eigenvalue weighted by Crippen LogP contribution is 2.37. The van der Waals surface area contributed by atoms with Crippen LogP contribution in [0.1, 0.15) is 31.7 Å². The van der Waals surface area contributed by atoms with Gasteiger partial charge in [-0.15, -0.1) is 0 Å². The lowest BCUT2D eigenvalue weighted by molar-refractivity contribution is -0.384. The molecule has 1 aromatic rings. The molecule has 1 heterocycles. The number of ether oxygens (including phenoxy) is 3. The van der Waals surface area contributed by atoms with Crippen molar-refractivity contribution in [2.75, 3.05) is 13.2 Å². The molecule has 1 aliphatic heterocycles. The molecule has 1 N–H and O–H groups in total. The lowest BCUT2D eigenvalue weighted by Crippen LogP contribution is -2.46. The number of aliphatic hydroxyl groups is 1. The van der Waals surface area contributed by atoms with Crippen LogP contribution in [0.25, 0.3) is 0 Å². The zero-order valence-corrected chi connectivity index (χ0v) is 14.3. The third-order valence-corrected chi connectivity index (χ3v) is 3.73. The Hall–Kier alpha value is -2.94. The van der Waals surface area contributed by atoms with E-state index in [1.807, 2.05) is 0 Å². The van der Waals surface area contributed by atoms with Crippen LogP contribution in [0.3, 0.4) is 0 Å². The van der Waals surface area contributed by atoms with E-state index in [9.17, 15) is 24.8 Å². The normalized spacial score (nSPS) is 22.0. The molecule has 9 nitrogen and oxygen atoms in total. The van der Waals surface area contributed by atoms with Crippen LogP contribution in [-0.4, -0.2) is 41.0 Å².